The third-order valence-electron chi connectivity index (χ3n) is 4.88. The van der Waals surface area contributed by atoms with Gasteiger partial charge in [-0.1, -0.05) is 17.7 Å². The van der Waals surface area contributed by atoms with Gasteiger partial charge in [0.1, 0.15) is 0 Å². The predicted octanol–water partition coefficient (Wildman–Crippen LogP) is 3.22. The number of carbonyl (C=O) groups excluding carboxylic acids is 1. The van der Waals surface area contributed by atoms with Crippen LogP contribution in [0.1, 0.15) is 24.0 Å². The van der Waals surface area contributed by atoms with E-state index in [1.54, 1.807) is 0 Å². The first-order valence-corrected chi connectivity index (χ1v) is 8.37. The minimum absolute atomic E-state index is 0.0285. The second-order valence-corrected chi connectivity index (χ2v) is 6.78. The summed E-state index contributed by atoms with van der Waals surface area (Å²) in [6, 6.07) is 5.80. The summed E-state index contributed by atoms with van der Waals surface area (Å²) in [6.07, 6.45) is 2.24. The molecule has 0 aliphatic carbocycles. The van der Waals surface area contributed by atoms with Gasteiger partial charge in [-0.3, -0.25) is 0 Å². The summed E-state index contributed by atoms with van der Waals surface area (Å²) in [7, 11) is 0. The molecule has 1 N–H and O–H groups in total. The molecule has 2 atom stereocenters. The van der Waals surface area contributed by atoms with Crippen molar-refractivity contribution in [3.8, 4) is 0 Å². The molecule has 2 aliphatic rings. The smallest absolute Gasteiger partial charge is 0.317 e. The van der Waals surface area contributed by atoms with Gasteiger partial charge < -0.3 is 15.0 Å². The Morgan fingerprint density at radius 1 is 1.41 bits per heavy atom. The van der Waals surface area contributed by atoms with E-state index in [-0.39, 0.29) is 6.03 Å². The van der Waals surface area contributed by atoms with Crippen LogP contribution < -0.4 is 5.32 Å². The first-order chi connectivity index (χ1) is 10.6. The van der Waals surface area contributed by atoms with Crippen LogP contribution >= 0.6 is 11.6 Å². The van der Waals surface area contributed by atoms with Gasteiger partial charge >= 0.3 is 6.03 Å². The van der Waals surface area contributed by atoms with E-state index in [1.165, 1.54) is 0 Å². The van der Waals surface area contributed by atoms with Crippen LogP contribution in [-0.2, 0) is 11.3 Å². The van der Waals surface area contributed by atoms with Crippen molar-refractivity contribution in [1.29, 1.82) is 0 Å². The molecule has 0 unspecified atom stereocenters. The zero-order valence-corrected chi connectivity index (χ0v) is 13.7. The number of rotatable bonds is 3. The predicted molar refractivity (Wildman–Crippen MR) is 87.0 cm³/mol. The number of halogens is 1. The summed E-state index contributed by atoms with van der Waals surface area (Å²) in [6.45, 7) is 6.00. The zero-order valence-electron chi connectivity index (χ0n) is 13.0. The number of likely N-dealkylation sites (tertiary alicyclic amines) is 1. The van der Waals surface area contributed by atoms with E-state index < -0.39 is 0 Å². The molecular weight excluding hydrogens is 300 g/mol. The summed E-state index contributed by atoms with van der Waals surface area (Å²) in [4.78, 5) is 14.3. The first-order valence-electron chi connectivity index (χ1n) is 7.99. The third-order valence-corrected chi connectivity index (χ3v) is 5.12. The molecule has 2 fully saturated rings. The molecule has 2 saturated heterocycles. The van der Waals surface area contributed by atoms with E-state index in [4.69, 9.17) is 16.3 Å². The van der Waals surface area contributed by atoms with Crippen LogP contribution in [0.4, 0.5) is 4.79 Å². The molecule has 0 aromatic heterocycles. The van der Waals surface area contributed by atoms with E-state index >= 15 is 0 Å². The molecule has 1 aromatic rings. The highest BCUT2D eigenvalue weighted by Crippen LogP contribution is 2.29. The summed E-state index contributed by atoms with van der Waals surface area (Å²) >= 11 is 6.02. The Bertz CT molecular complexity index is 543. The summed E-state index contributed by atoms with van der Waals surface area (Å²) in [5.74, 6) is 1.23. The Kier molecular flexibility index (Phi) is 4.89. The summed E-state index contributed by atoms with van der Waals surface area (Å²) in [5.41, 5.74) is 2.22. The fourth-order valence-corrected chi connectivity index (χ4v) is 3.59. The van der Waals surface area contributed by atoms with Gasteiger partial charge in [0.05, 0.1) is 0 Å². The molecule has 1 aromatic carbocycles. The van der Waals surface area contributed by atoms with Gasteiger partial charge in [-0.15, -0.1) is 0 Å². The number of amides is 2. The Hall–Kier alpha value is -1.26. The second kappa shape index (κ2) is 6.88. The Morgan fingerprint density at radius 2 is 2.27 bits per heavy atom. The Labute approximate surface area is 136 Å². The van der Waals surface area contributed by atoms with Crippen LogP contribution in [0.2, 0.25) is 5.02 Å². The lowest BCUT2D eigenvalue weighted by atomic mass is 9.91. The fourth-order valence-electron chi connectivity index (χ4n) is 3.39. The molecule has 5 heteroatoms. The maximum atomic E-state index is 12.3. The van der Waals surface area contributed by atoms with Crippen LogP contribution in [0.5, 0.6) is 0 Å². The standard InChI is InChI=1S/C17H23ClN2O2/c1-12-2-3-16(18)8-15(12)9-19-17(21)20-6-4-13(10-20)14-5-7-22-11-14/h2-3,8,13-14H,4-7,9-11H2,1H3,(H,19,21)/t13-,14-/m0/s1. The number of urea groups is 1. The Morgan fingerprint density at radius 3 is 3.05 bits per heavy atom. The highest BCUT2D eigenvalue weighted by atomic mass is 35.5. The number of carbonyl (C=O) groups is 1. The average Bonchev–Trinajstić information content (AvgIpc) is 3.18. The van der Waals surface area contributed by atoms with Crippen molar-refractivity contribution in [2.24, 2.45) is 11.8 Å². The SMILES string of the molecule is Cc1ccc(Cl)cc1CNC(=O)N1CC[C@H]([C@H]2CCOC2)C1. The molecular formula is C17H23ClN2O2. The number of ether oxygens (including phenoxy) is 1. The second-order valence-electron chi connectivity index (χ2n) is 6.35. The van der Waals surface area contributed by atoms with Crippen LogP contribution in [0.25, 0.3) is 0 Å². The minimum atomic E-state index is 0.0285. The van der Waals surface area contributed by atoms with Crippen molar-refractivity contribution >= 4 is 17.6 Å². The van der Waals surface area contributed by atoms with Gasteiger partial charge in [-0.25, -0.2) is 4.79 Å². The topological polar surface area (TPSA) is 41.6 Å². The normalized spacial score (nSPS) is 24.7. The Balaban J connectivity index is 1.51. The van der Waals surface area contributed by atoms with Gasteiger partial charge in [-0.05, 0) is 54.9 Å². The van der Waals surface area contributed by atoms with Crippen molar-refractivity contribution < 1.29 is 9.53 Å². The number of hydrogen-bond donors (Lipinski definition) is 1. The van der Waals surface area contributed by atoms with Gasteiger partial charge in [0.25, 0.3) is 0 Å². The van der Waals surface area contributed by atoms with Crippen LogP contribution in [0.3, 0.4) is 0 Å². The summed E-state index contributed by atoms with van der Waals surface area (Å²) in [5, 5.41) is 3.72. The first kappa shape index (κ1) is 15.6. The molecule has 0 saturated carbocycles. The monoisotopic (exact) mass is 322 g/mol. The van der Waals surface area contributed by atoms with Crippen molar-refractivity contribution in [3.05, 3.63) is 34.3 Å². The number of aryl methyl sites for hydroxylation is 1. The van der Waals surface area contributed by atoms with Gasteiger partial charge in [0.15, 0.2) is 0 Å². The van der Waals surface area contributed by atoms with E-state index in [0.29, 0.717) is 23.4 Å². The van der Waals surface area contributed by atoms with Crippen LogP contribution in [-0.4, -0.2) is 37.2 Å². The van der Waals surface area contributed by atoms with E-state index in [2.05, 4.69) is 5.32 Å². The van der Waals surface area contributed by atoms with Crippen molar-refractivity contribution in [2.45, 2.75) is 26.3 Å². The lowest BCUT2D eigenvalue weighted by Gasteiger charge is -2.20. The van der Waals surface area contributed by atoms with Crippen molar-refractivity contribution in [2.75, 3.05) is 26.3 Å². The van der Waals surface area contributed by atoms with Gasteiger partial charge in [0, 0.05) is 37.9 Å². The molecule has 2 heterocycles. The van der Waals surface area contributed by atoms with E-state index in [1.807, 2.05) is 30.0 Å². The molecule has 22 heavy (non-hydrogen) atoms. The largest absolute Gasteiger partial charge is 0.381 e. The molecule has 2 aliphatic heterocycles. The van der Waals surface area contributed by atoms with Crippen molar-refractivity contribution in [3.63, 3.8) is 0 Å². The van der Waals surface area contributed by atoms with E-state index in [0.717, 1.165) is 50.3 Å². The number of nitrogens with one attached hydrogen (secondary N) is 1. The molecule has 0 bridgehead atoms. The lowest BCUT2D eigenvalue weighted by Crippen LogP contribution is -2.38. The molecule has 0 spiro atoms. The van der Waals surface area contributed by atoms with E-state index in [9.17, 15) is 4.79 Å². The average molecular weight is 323 g/mol. The van der Waals surface area contributed by atoms with Gasteiger partial charge in [0.2, 0.25) is 0 Å². The molecule has 120 valence electrons. The molecule has 2 amide bonds. The minimum Gasteiger partial charge on any atom is -0.381 e. The third kappa shape index (κ3) is 3.55. The summed E-state index contributed by atoms with van der Waals surface area (Å²) < 4.78 is 5.46. The maximum absolute atomic E-state index is 12.3. The highest BCUT2D eigenvalue weighted by Gasteiger charge is 2.33. The molecule has 4 nitrogen and oxygen atoms in total. The number of hydrogen-bond acceptors (Lipinski definition) is 2. The quantitative estimate of drug-likeness (QED) is 0.928. The zero-order chi connectivity index (χ0) is 15.5. The number of nitrogens with zero attached hydrogens (tertiary/aromatic N) is 1. The molecule has 0 radical (unpaired) electrons. The fraction of sp³-hybridized carbons (Fsp3) is 0.588. The van der Waals surface area contributed by atoms with Gasteiger partial charge in [-0.2, -0.15) is 0 Å². The maximum Gasteiger partial charge on any atom is 0.317 e. The molecule has 3 rings (SSSR count). The van der Waals surface area contributed by atoms with Crippen molar-refractivity contribution in [1.82, 2.24) is 10.2 Å². The van der Waals surface area contributed by atoms with Crippen LogP contribution in [0, 0.1) is 18.8 Å². The lowest BCUT2D eigenvalue weighted by molar-refractivity contribution is 0.170. The van der Waals surface area contributed by atoms with Crippen LogP contribution in [0.15, 0.2) is 18.2 Å². The highest BCUT2D eigenvalue weighted by molar-refractivity contribution is 6.30. The number of benzene rings is 1.